The van der Waals surface area contributed by atoms with Crippen LogP contribution in [0.25, 0.3) is 0 Å². The summed E-state index contributed by atoms with van der Waals surface area (Å²) >= 11 is 5.17. The van der Waals surface area contributed by atoms with Crippen LogP contribution < -0.4 is 5.73 Å². The average molecular weight is 285 g/mol. The number of carbonyl (C=O) groups excluding carboxylic acids is 1. The van der Waals surface area contributed by atoms with E-state index in [1.54, 1.807) is 0 Å². The number of cyclic esters (lactones) is 1. The summed E-state index contributed by atoms with van der Waals surface area (Å²) in [7, 11) is 0. The first-order valence-electron chi connectivity index (χ1n) is 7.07. The van der Waals surface area contributed by atoms with Crippen LogP contribution in [0.5, 0.6) is 0 Å². The van der Waals surface area contributed by atoms with Gasteiger partial charge in [-0.15, -0.1) is 0 Å². The fourth-order valence-corrected chi connectivity index (χ4v) is 3.22. The van der Waals surface area contributed by atoms with Crippen molar-refractivity contribution in [1.29, 1.82) is 0 Å². The predicted octanol–water partition coefficient (Wildman–Crippen LogP) is 0.374. The van der Waals surface area contributed by atoms with Crippen molar-refractivity contribution in [2.45, 2.75) is 38.3 Å². The second-order valence-electron chi connectivity index (χ2n) is 5.25. The van der Waals surface area contributed by atoms with Crippen molar-refractivity contribution < 1.29 is 9.53 Å². The molecule has 2 aliphatic heterocycles. The molecule has 19 heavy (non-hydrogen) atoms. The minimum Gasteiger partial charge on any atom is -0.464 e. The van der Waals surface area contributed by atoms with Crippen molar-refractivity contribution >= 4 is 23.2 Å². The maximum absolute atomic E-state index is 11.6. The molecule has 0 aromatic carbocycles. The molecule has 0 bridgehead atoms. The van der Waals surface area contributed by atoms with E-state index in [1.807, 2.05) is 0 Å². The van der Waals surface area contributed by atoms with Gasteiger partial charge < -0.3 is 10.5 Å². The molecule has 0 aromatic rings. The standard InChI is InChI=1S/C13H23N3O2S/c1-2-3-10(12(14)19)15-5-7-16(8-6-15)11-4-9-18-13(11)17/h10-11H,2-9H2,1H3,(H2,14,19). The largest absolute Gasteiger partial charge is 0.464 e. The van der Waals surface area contributed by atoms with Gasteiger partial charge in [-0.05, 0) is 6.42 Å². The zero-order valence-electron chi connectivity index (χ0n) is 11.5. The number of nitrogens with zero attached hydrogens (tertiary/aromatic N) is 2. The van der Waals surface area contributed by atoms with Gasteiger partial charge in [-0.25, -0.2) is 0 Å². The average Bonchev–Trinajstić information content (AvgIpc) is 2.82. The Morgan fingerprint density at radius 2 is 2.16 bits per heavy atom. The van der Waals surface area contributed by atoms with Gasteiger partial charge in [0.15, 0.2) is 0 Å². The molecular weight excluding hydrogens is 262 g/mol. The third-order valence-electron chi connectivity index (χ3n) is 4.03. The van der Waals surface area contributed by atoms with Gasteiger partial charge in [0.05, 0.1) is 17.6 Å². The van der Waals surface area contributed by atoms with E-state index in [2.05, 4.69) is 16.7 Å². The van der Waals surface area contributed by atoms with Crippen LogP contribution in [0.4, 0.5) is 0 Å². The van der Waals surface area contributed by atoms with Crippen molar-refractivity contribution in [2.24, 2.45) is 5.73 Å². The van der Waals surface area contributed by atoms with Crippen LogP contribution in [0.3, 0.4) is 0 Å². The molecule has 2 heterocycles. The highest BCUT2D eigenvalue weighted by Crippen LogP contribution is 2.18. The molecule has 2 fully saturated rings. The molecule has 6 heteroatoms. The summed E-state index contributed by atoms with van der Waals surface area (Å²) in [5.74, 6) is -0.0621. The first kappa shape index (κ1) is 14.7. The molecule has 0 aromatic heterocycles. The minimum atomic E-state index is -0.0621. The topological polar surface area (TPSA) is 58.8 Å². The predicted molar refractivity (Wildman–Crippen MR) is 78.0 cm³/mol. The van der Waals surface area contributed by atoms with Gasteiger partial charge in [0.25, 0.3) is 0 Å². The van der Waals surface area contributed by atoms with E-state index < -0.39 is 0 Å². The lowest BCUT2D eigenvalue weighted by molar-refractivity contribution is -0.142. The number of hydrogen-bond donors (Lipinski definition) is 1. The van der Waals surface area contributed by atoms with Crippen LogP contribution >= 0.6 is 12.2 Å². The second-order valence-corrected chi connectivity index (χ2v) is 5.72. The molecule has 0 amide bonds. The zero-order chi connectivity index (χ0) is 13.8. The van der Waals surface area contributed by atoms with E-state index in [0.29, 0.717) is 11.6 Å². The van der Waals surface area contributed by atoms with Gasteiger partial charge >= 0.3 is 5.97 Å². The molecule has 2 saturated heterocycles. The highest BCUT2D eigenvalue weighted by molar-refractivity contribution is 7.80. The number of carbonyl (C=O) groups is 1. The summed E-state index contributed by atoms with van der Waals surface area (Å²) < 4.78 is 5.03. The number of piperazine rings is 1. The molecule has 0 aliphatic carbocycles. The molecule has 0 saturated carbocycles. The summed E-state index contributed by atoms with van der Waals surface area (Å²) in [4.78, 5) is 16.8. The van der Waals surface area contributed by atoms with Crippen LogP contribution in [0.1, 0.15) is 26.2 Å². The lowest BCUT2D eigenvalue weighted by Gasteiger charge is -2.40. The Labute approximate surface area is 120 Å². The quantitative estimate of drug-likeness (QED) is 0.582. The lowest BCUT2D eigenvalue weighted by atomic mass is 10.1. The van der Waals surface area contributed by atoms with Gasteiger partial charge in [-0.3, -0.25) is 14.6 Å². The van der Waals surface area contributed by atoms with Crippen LogP contribution in [0, 0.1) is 0 Å². The van der Waals surface area contributed by atoms with E-state index in [-0.39, 0.29) is 18.1 Å². The smallest absolute Gasteiger partial charge is 0.323 e. The van der Waals surface area contributed by atoms with Crippen molar-refractivity contribution in [3.05, 3.63) is 0 Å². The Hall–Kier alpha value is -0.720. The van der Waals surface area contributed by atoms with Crippen molar-refractivity contribution in [2.75, 3.05) is 32.8 Å². The van der Waals surface area contributed by atoms with Crippen LogP contribution in [-0.4, -0.2) is 65.6 Å². The van der Waals surface area contributed by atoms with Gasteiger partial charge in [0, 0.05) is 32.6 Å². The summed E-state index contributed by atoms with van der Waals surface area (Å²) in [5, 5.41) is 0. The summed E-state index contributed by atoms with van der Waals surface area (Å²) in [5.41, 5.74) is 5.83. The molecule has 2 rings (SSSR count). The highest BCUT2D eigenvalue weighted by Gasteiger charge is 2.35. The number of hydrogen-bond acceptors (Lipinski definition) is 5. The van der Waals surface area contributed by atoms with E-state index in [1.165, 1.54) is 0 Å². The fourth-order valence-electron chi connectivity index (χ4n) is 2.96. The third kappa shape index (κ3) is 3.43. The van der Waals surface area contributed by atoms with Crippen molar-refractivity contribution in [3.8, 4) is 0 Å². The molecule has 2 N–H and O–H groups in total. The van der Waals surface area contributed by atoms with Crippen LogP contribution in [0.2, 0.25) is 0 Å². The molecule has 0 radical (unpaired) electrons. The SMILES string of the molecule is CCCC(C(N)=S)N1CCN(C2CCOC2=O)CC1. The number of ether oxygens (including phenoxy) is 1. The maximum Gasteiger partial charge on any atom is 0.323 e. The minimum absolute atomic E-state index is 0.0309. The number of nitrogens with two attached hydrogens (primary N) is 1. The van der Waals surface area contributed by atoms with Crippen LogP contribution in [-0.2, 0) is 9.53 Å². The molecule has 0 spiro atoms. The maximum atomic E-state index is 11.6. The summed E-state index contributed by atoms with van der Waals surface area (Å²) in [6.45, 7) is 6.34. The fraction of sp³-hybridized carbons (Fsp3) is 0.846. The first-order valence-corrected chi connectivity index (χ1v) is 7.48. The zero-order valence-corrected chi connectivity index (χ0v) is 12.3. The second kappa shape index (κ2) is 6.63. The number of thiocarbonyl (C=S) groups is 1. The first-order chi connectivity index (χ1) is 9.13. The molecule has 108 valence electrons. The van der Waals surface area contributed by atoms with E-state index in [0.717, 1.165) is 45.4 Å². The number of rotatable bonds is 5. The summed E-state index contributed by atoms with van der Waals surface area (Å²) in [6, 6.07) is 0.175. The monoisotopic (exact) mass is 285 g/mol. The Kier molecular flexibility index (Phi) is 5.13. The molecule has 2 unspecified atom stereocenters. The Morgan fingerprint density at radius 3 is 2.63 bits per heavy atom. The van der Waals surface area contributed by atoms with Gasteiger partial charge in [0.1, 0.15) is 6.04 Å². The van der Waals surface area contributed by atoms with E-state index in [4.69, 9.17) is 22.7 Å². The van der Waals surface area contributed by atoms with Gasteiger partial charge in [-0.1, -0.05) is 25.6 Å². The molecule has 2 atom stereocenters. The van der Waals surface area contributed by atoms with Gasteiger partial charge in [0.2, 0.25) is 0 Å². The molecule has 5 nitrogen and oxygen atoms in total. The van der Waals surface area contributed by atoms with Gasteiger partial charge in [-0.2, -0.15) is 0 Å². The van der Waals surface area contributed by atoms with E-state index >= 15 is 0 Å². The highest BCUT2D eigenvalue weighted by atomic mass is 32.1. The number of esters is 1. The van der Waals surface area contributed by atoms with E-state index in [9.17, 15) is 4.79 Å². The lowest BCUT2D eigenvalue weighted by Crippen LogP contribution is -2.56. The molecule has 2 aliphatic rings. The normalized spacial score (nSPS) is 27.2. The Balaban J connectivity index is 1.87. The molecular formula is C13H23N3O2S. The van der Waals surface area contributed by atoms with Crippen molar-refractivity contribution in [3.63, 3.8) is 0 Å². The Bertz CT molecular complexity index is 343. The van der Waals surface area contributed by atoms with Crippen LogP contribution in [0.15, 0.2) is 0 Å². The van der Waals surface area contributed by atoms with Crippen molar-refractivity contribution in [1.82, 2.24) is 9.80 Å². The Morgan fingerprint density at radius 1 is 1.47 bits per heavy atom. The summed E-state index contributed by atoms with van der Waals surface area (Å²) in [6.07, 6.45) is 2.92. The third-order valence-corrected chi connectivity index (χ3v) is 4.30.